The molecule has 80 valence electrons. The number of thiol groups is 1. The van der Waals surface area contributed by atoms with Crippen molar-refractivity contribution in [3.05, 3.63) is 0 Å². The Morgan fingerprint density at radius 2 is 1.92 bits per heavy atom. The van der Waals surface area contributed by atoms with Crippen molar-refractivity contribution in [1.82, 2.24) is 5.32 Å². The second-order valence-corrected chi connectivity index (χ2v) is 4.17. The largest absolute Gasteiger partial charge is 0.316 e. The third-order valence-corrected chi connectivity index (χ3v) is 2.63. The Balaban J connectivity index is 3.33. The molecule has 1 nitrogen and oxygen atoms in total. The molecule has 0 bridgehead atoms. The van der Waals surface area contributed by atoms with Gasteiger partial charge in [0.05, 0.1) is 0 Å². The smallest absolute Gasteiger partial charge is 0.00202 e. The van der Waals surface area contributed by atoms with Crippen LogP contribution in [0.2, 0.25) is 0 Å². The van der Waals surface area contributed by atoms with E-state index in [1.54, 1.807) is 0 Å². The van der Waals surface area contributed by atoms with Crippen molar-refractivity contribution >= 4 is 12.6 Å². The summed E-state index contributed by atoms with van der Waals surface area (Å²) in [5, 5.41) is 3.52. The molecule has 0 saturated carbocycles. The minimum absolute atomic E-state index is 0.847. The van der Waals surface area contributed by atoms with Crippen molar-refractivity contribution in [1.29, 1.82) is 0 Å². The number of unbranched alkanes of at least 4 members (excludes halogenated alkanes) is 1. The monoisotopic (exact) mass is 203 g/mol. The van der Waals surface area contributed by atoms with Crippen LogP contribution in [0.25, 0.3) is 0 Å². The molecule has 2 heteroatoms. The molecule has 0 amide bonds. The molecule has 0 radical (unpaired) electrons. The first-order chi connectivity index (χ1) is 6.35. The predicted molar refractivity (Wildman–Crippen MR) is 64.6 cm³/mol. The molecule has 0 fully saturated rings. The number of rotatable bonds is 9. The molecule has 1 atom stereocenters. The first-order valence-corrected chi connectivity index (χ1v) is 6.29. The van der Waals surface area contributed by atoms with Crippen molar-refractivity contribution in [3.63, 3.8) is 0 Å². The minimum Gasteiger partial charge on any atom is -0.316 e. The average Bonchev–Trinajstić information content (AvgIpc) is 2.13. The van der Waals surface area contributed by atoms with Crippen LogP contribution >= 0.6 is 12.6 Å². The van der Waals surface area contributed by atoms with Gasteiger partial charge in [-0.05, 0) is 44.0 Å². The van der Waals surface area contributed by atoms with Gasteiger partial charge in [-0.3, -0.25) is 0 Å². The van der Waals surface area contributed by atoms with Gasteiger partial charge in [-0.25, -0.2) is 0 Å². The Bertz CT molecular complexity index is 90.1. The highest BCUT2D eigenvalue weighted by Crippen LogP contribution is 2.10. The van der Waals surface area contributed by atoms with Crippen LogP contribution in [0, 0.1) is 5.92 Å². The second-order valence-electron chi connectivity index (χ2n) is 3.72. The van der Waals surface area contributed by atoms with Crippen LogP contribution in [0.15, 0.2) is 0 Å². The van der Waals surface area contributed by atoms with Crippen molar-refractivity contribution in [2.24, 2.45) is 5.92 Å². The zero-order valence-corrected chi connectivity index (χ0v) is 10.1. The summed E-state index contributed by atoms with van der Waals surface area (Å²) in [6, 6.07) is 0. The summed E-state index contributed by atoms with van der Waals surface area (Å²) in [5.74, 6) is 1.87. The maximum Gasteiger partial charge on any atom is -0.00202 e. The molecule has 0 aliphatic heterocycles. The molecule has 0 aliphatic carbocycles. The van der Waals surface area contributed by atoms with Crippen molar-refractivity contribution in [2.45, 2.75) is 46.0 Å². The summed E-state index contributed by atoms with van der Waals surface area (Å²) < 4.78 is 0. The summed E-state index contributed by atoms with van der Waals surface area (Å²) in [6.07, 6.45) is 6.50. The average molecular weight is 203 g/mol. The van der Waals surface area contributed by atoms with Crippen molar-refractivity contribution < 1.29 is 0 Å². The van der Waals surface area contributed by atoms with Gasteiger partial charge in [0.2, 0.25) is 0 Å². The normalized spacial score (nSPS) is 13.2. The Hall–Kier alpha value is 0.310. The van der Waals surface area contributed by atoms with Crippen LogP contribution < -0.4 is 5.32 Å². The highest BCUT2D eigenvalue weighted by Gasteiger charge is 2.05. The third-order valence-electron chi connectivity index (χ3n) is 2.37. The van der Waals surface area contributed by atoms with Crippen LogP contribution in [-0.4, -0.2) is 18.8 Å². The molecule has 0 aromatic carbocycles. The third kappa shape index (κ3) is 8.63. The van der Waals surface area contributed by atoms with E-state index < -0.39 is 0 Å². The summed E-state index contributed by atoms with van der Waals surface area (Å²) in [6.45, 7) is 6.87. The lowest BCUT2D eigenvalue weighted by molar-refractivity contribution is 0.430. The summed E-state index contributed by atoms with van der Waals surface area (Å²) in [7, 11) is 0. The molecular formula is C11H25NS. The molecule has 1 N–H and O–H groups in total. The number of nitrogens with one attached hydrogen (secondary N) is 1. The fourth-order valence-corrected chi connectivity index (χ4v) is 1.91. The zero-order valence-electron chi connectivity index (χ0n) is 9.18. The van der Waals surface area contributed by atoms with Gasteiger partial charge in [0.1, 0.15) is 0 Å². The molecule has 0 saturated heterocycles. The Kier molecular flexibility index (Phi) is 10.6. The number of hydrogen-bond acceptors (Lipinski definition) is 2. The van der Waals surface area contributed by atoms with Gasteiger partial charge in [0.25, 0.3) is 0 Å². The lowest BCUT2D eigenvalue weighted by Crippen LogP contribution is -2.24. The highest BCUT2D eigenvalue weighted by molar-refractivity contribution is 7.80. The SMILES string of the molecule is CCCCNCC(CCC)CCS. The predicted octanol–water partition coefficient (Wildman–Crippen LogP) is 3.11. The van der Waals surface area contributed by atoms with Gasteiger partial charge in [-0.1, -0.05) is 26.7 Å². The van der Waals surface area contributed by atoms with Crippen molar-refractivity contribution in [3.8, 4) is 0 Å². The zero-order chi connectivity index (χ0) is 9.94. The highest BCUT2D eigenvalue weighted by atomic mass is 32.1. The Morgan fingerprint density at radius 3 is 2.46 bits per heavy atom. The topological polar surface area (TPSA) is 12.0 Å². The second kappa shape index (κ2) is 10.4. The van der Waals surface area contributed by atoms with E-state index in [0.29, 0.717) is 0 Å². The fourth-order valence-electron chi connectivity index (χ4n) is 1.55. The molecule has 0 heterocycles. The van der Waals surface area contributed by atoms with E-state index >= 15 is 0 Å². The lowest BCUT2D eigenvalue weighted by Gasteiger charge is -2.15. The van der Waals surface area contributed by atoms with Gasteiger partial charge in [0, 0.05) is 0 Å². The van der Waals surface area contributed by atoms with Gasteiger partial charge in [-0.2, -0.15) is 12.6 Å². The van der Waals surface area contributed by atoms with E-state index in [2.05, 4.69) is 31.8 Å². The van der Waals surface area contributed by atoms with Crippen LogP contribution in [0.5, 0.6) is 0 Å². The standard InChI is InChI=1S/C11H25NS/c1-3-5-8-12-10-11(6-4-2)7-9-13/h11-13H,3-10H2,1-2H3. The van der Waals surface area contributed by atoms with E-state index in [0.717, 1.165) is 11.7 Å². The van der Waals surface area contributed by atoms with Gasteiger partial charge >= 0.3 is 0 Å². The molecular weight excluding hydrogens is 178 g/mol. The van der Waals surface area contributed by atoms with Gasteiger partial charge in [0.15, 0.2) is 0 Å². The van der Waals surface area contributed by atoms with Gasteiger partial charge < -0.3 is 5.32 Å². The van der Waals surface area contributed by atoms with Crippen LogP contribution in [0.3, 0.4) is 0 Å². The summed E-state index contributed by atoms with van der Waals surface area (Å²) in [4.78, 5) is 0. The number of hydrogen-bond donors (Lipinski definition) is 2. The maximum absolute atomic E-state index is 4.29. The van der Waals surface area contributed by atoms with Crippen LogP contribution in [-0.2, 0) is 0 Å². The van der Waals surface area contributed by atoms with E-state index in [4.69, 9.17) is 0 Å². The molecule has 0 aliphatic rings. The minimum atomic E-state index is 0.847. The Morgan fingerprint density at radius 1 is 1.15 bits per heavy atom. The molecule has 1 unspecified atom stereocenters. The Labute approximate surface area is 89.1 Å². The lowest BCUT2D eigenvalue weighted by atomic mass is 10.0. The molecule has 0 rings (SSSR count). The van der Waals surface area contributed by atoms with Crippen molar-refractivity contribution in [2.75, 3.05) is 18.8 Å². The molecule has 13 heavy (non-hydrogen) atoms. The van der Waals surface area contributed by atoms with Gasteiger partial charge in [-0.15, -0.1) is 0 Å². The quantitative estimate of drug-likeness (QED) is 0.433. The molecule has 0 aromatic rings. The molecule has 0 aromatic heterocycles. The van der Waals surface area contributed by atoms with Crippen LogP contribution in [0.1, 0.15) is 46.0 Å². The first kappa shape index (κ1) is 13.3. The fraction of sp³-hybridized carbons (Fsp3) is 1.00. The van der Waals surface area contributed by atoms with E-state index in [1.165, 1.54) is 45.2 Å². The maximum atomic E-state index is 4.29. The van der Waals surface area contributed by atoms with E-state index in [-0.39, 0.29) is 0 Å². The first-order valence-electron chi connectivity index (χ1n) is 5.66. The molecule has 0 spiro atoms. The van der Waals surface area contributed by atoms with Crippen LogP contribution in [0.4, 0.5) is 0 Å². The van der Waals surface area contributed by atoms with E-state index in [1.807, 2.05) is 0 Å². The van der Waals surface area contributed by atoms with E-state index in [9.17, 15) is 0 Å². The summed E-state index contributed by atoms with van der Waals surface area (Å²) in [5.41, 5.74) is 0. The summed E-state index contributed by atoms with van der Waals surface area (Å²) >= 11 is 4.29.